The summed E-state index contributed by atoms with van der Waals surface area (Å²) >= 11 is 0. The molecule has 0 spiro atoms. The average molecular weight is 329 g/mol. The number of rotatable bonds is 3. The van der Waals surface area contributed by atoms with Crippen LogP contribution in [-0.4, -0.2) is 29.1 Å². The van der Waals surface area contributed by atoms with Crippen LogP contribution in [0.3, 0.4) is 0 Å². The topological polar surface area (TPSA) is 70.2 Å². The van der Waals surface area contributed by atoms with E-state index in [9.17, 15) is 9.18 Å². The normalized spacial score (nSPS) is 13.9. The molecule has 0 unspecified atom stereocenters. The second kappa shape index (κ2) is 6.82. The van der Waals surface area contributed by atoms with Gasteiger partial charge in [0.2, 0.25) is 5.95 Å². The van der Waals surface area contributed by atoms with Gasteiger partial charge in [-0.1, -0.05) is 6.07 Å². The molecule has 6 nitrogen and oxygen atoms in total. The van der Waals surface area contributed by atoms with Crippen LogP contribution in [0.4, 0.5) is 26.5 Å². The van der Waals surface area contributed by atoms with Crippen molar-refractivity contribution >= 4 is 23.4 Å². The summed E-state index contributed by atoms with van der Waals surface area (Å²) in [4.78, 5) is 23.3. The van der Waals surface area contributed by atoms with Crippen molar-refractivity contribution < 1.29 is 9.18 Å². The Kier molecular flexibility index (Phi) is 4.59. The van der Waals surface area contributed by atoms with Crippen molar-refractivity contribution in [3.05, 3.63) is 41.5 Å². The molecule has 1 aliphatic rings. The Balaban J connectivity index is 1.73. The molecular weight excluding hydrogens is 309 g/mol. The highest BCUT2D eigenvalue weighted by Crippen LogP contribution is 2.23. The third-order valence-corrected chi connectivity index (χ3v) is 3.97. The summed E-state index contributed by atoms with van der Waals surface area (Å²) in [6, 6.07) is 5.28. The summed E-state index contributed by atoms with van der Waals surface area (Å²) in [6.07, 6.45) is 2.30. The smallest absolute Gasteiger partial charge is 0.323 e. The van der Waals surface area contributed by atoms with E-state index in [0.717, 1.165) is 25.9 Å². The van der Waals surface area contributed by atoms with Crippen LogP contribution in [0.25, 0.3) is 0 Å². The Labute approximate surface area is 140 Å². The molecule has 1 aromatic heterocycles. The number of amides is 2. The highest BCUT2D eigenvalue weighted by atomic mass is 19.1. The first-order chi connectivity index (χ1) is 11.5. The maximum Gasteiger partial charge on any atom is 0.323 e. The Morgan fingerprint density at radius 2 is 1.79 bits per heavy atom. The zero-order valence-corrected chi connectivity index (χ0v) is 13.8. The molecule has 2 heterocycles. The van der Waals surface area contributed by atoms with Crippen LogP contribution in [-0.2, 0) is 0 Å². The summed E-state index contributed by atoms with van der Waals surface area (Å²) in [5.74, 6) is 0.303. The number of hydrogen-bond donors (Lipinski definition) is 2. The molecule has 3 rings (SSSR count). The minimum absolute atomic E-state index is 0.386. The highest BCUT2D eigenvalue weighted by molar-refractivity contribution is 6.00. The van der Waals surface area contributed by atoms with Crippen molar-refractivity contribution in [3.8, 4) is 0 Å². The fourth-order valence-corrected chi connectivity index (χ4v) is 2.78. The lowest BCUT2D eigenvalue weighted by molar-refractivity contribution is 0.262. The van der Waals surface area contributed by atoms with E-state index in [2.05, 4.69) is 25.5 Å². The van der Waals surface area contributed by atoms with Crippen molar-refractivity contribution in [1.82, 2.24) is 9.97 Å². The van der Waals surface area contributed by atoms with Gasteiger partial charge in [-0.25, -0.2) is 19.2 Å². The summed E-state index contributed by atoms with van der Waals surface area (Å²) in [6.45, 7) is 5.61. The largest absolute Gasteiger partial charge is 0.341 e. The van der Waals surface area contributed by atoms with Crippen LogP contribution >= 0.6 is 0 Å². The monoisotopic (exact) mass is 329 g/mol. The molecule has 2 amide bonds. The van der Waals surface area contributed by atoms with Crippen molar-refractivity contribution in [1.29, 1.82) is 0 Å². The van der Waals surface area contributed by atoms with Crippen LogP contribution in [0.15, 0.2) is 24.3 Å². The third-order valence-electron chi connectivity index (χ3n) is 3.97. The number of hydrogen-bond acceptors (Lipinski definition) is 4. The molecule has 1 saturated heterocycles. The fraction of sp³-hybridized carbons (Fsp3) is 0.353. The number of urea groups is 1. The molecule has 24 heavy (non-hydrogen) atoms. The van der Waals surface area contributed by atoms with Crippen LogP contribution in [0, 0.1) is 19.7 Å². The molecule has 0 bridgehead atoms. The molecule has 0 aliphatic carbocycles. The fourth-order valence-electron chi connectivity index (χ4n) is 2.78. The number of carbonyl (C=O) groups excluding carboxylic acids is 1. The molecule has 0 atom stereocenters. The van der Waals surface area contributed by atoms with Gasteiger partial charge in [0.05, 0.1) is 17.1 Å². The lowest BCUT2D eigenvalue weighted by atomic mass is 10.3. The van der Waals surface area contributed by atoms with E-state index in [1.165, 1.54) is 18.2 Å². The third kappa shape index (κ3) is 3.61. The van der Waals surface area contributed by atoms with Crippen LogP contribution < -0.4 is 15.5 Å². The number of anilines is 3. The summed E-state index contributed by atoms with van der Waals surface area (Å²) in [5.41, 5.74) is 2.38. The van der Waals surface area contributed by atoms with Gasteiger partial charge in [-0.3, -0.25) is 0 Å². The van der Waals surface area contributed by atoms with E-state index in [4.69, 9.17) is 0 Å². The van der Waals surface area contributed by atoms with Gasteiger partial charge in [-0.2, -0.15) is 0 Å². The molecule has 126 valence electrons. The van der Waals surface area contributed by atoms with Crippen LogP contribution in [0.2, 0.25) is 0 Å². The average Bonchev–Trinajstić information content (AvgIpc) is 3.05. The van der Waals surface area contributed by atoms with E-state index in [1.54, 1.807) is 6.07 Å². The van der Waals surface area contributed by atoms with Gasteiger partial charge < -0.3 is 15.5 Å². The molecule has 0 saturated carbocycles. The van der Waals surface area contributed by atoms with E-state index in [0.29, 0.717) is 28.7 Å². The first-order valence-corrected chi connectivity index (χ1v) is 7.96. The molecule has 2 N–H and O–H groups in total. The Bertz CT molecular complexity index is 735. The van der Waals surface area contributed by atoms with Gasteiger partial charge in [-0.05, 0) is 44.9 Å². The van der Waals surface area contributed by atoms with E-state index in [-0.39, 0.29) is 0 Å². The number of aryl methyl sites for hydroxylation is 2. The summed E-state index contributed by atoms with van der Waals surface area (Å²) in [7, 11) is 0. The number of benzene rings is 1. The van der Waals surface area contributed by atoms with Gasteiger partial charge >= 0.3 is 6.03 Å². The molecule has 2 aromatic rings. The number of aromatic nitrogens is 2. The first-order valence-electron chi connectivity index (χ1n) is 7.96. The van der Waals surface area contributed by atoms with Gasteiger partial charge in [0, 0.05) is 18.8 Å². The summed E-state index contributed by atoms with van der Waals surface area (Å²) in [5, 5.41) is 5.35. The molecular formula is C17H20FN5O. The number of carbonyl (C=O) groups is 1. The zero-order valence-electron chi connectivity index (χ0n) is 13.8. The van der Waals surface area contributed by atoms with E-state index < -0.39 is 11.8 Å². The van der Waals surface area contributed by atoms with Gasteiger partial charge in [-0.15, -0.1) is 0 Å². The molecule has 1 fully saturated rings. The second-order valence-electron chi connectivity index (χ2n) is 5.85. The van der Waals surface area contributed by atoms with Crippen molar-refractivity contribution in [2.45, 2.75) is 26.7 Å². The quantitative estimate of drug-likeness (QED) is 0.904. The zero-order chi connectivity index (χ0) is 17.1. The van der Waals surface area contributed by atoms with Crippen molar-refractivity contribution in [2.75, 3.05) is 28.6 Å². The highest BCUT2D eigenvalue weighted by Gasteiger charge is 2.18. The second-order valence-corrected chi connectivity index (χ2v) is 5.85. The van der Waals surface area contributed by atoms with Crippen LogP contribution in [0.1, 0.15) is 24.2 Å². The SMILES string of the molecule is Cc1nc(N2CCCC2)nc(C)c1NC(=O)Nc1cccc(F)c1. The van der Waals surface area contributed by atoms with Gasteiger partial charge in [0.15, 0.2) is 0 Å². The lowest BCUT2D eigenvalue weighted by Gasteiger charge is -2.18. The standard InChI is InChI=1S/C17H20FN5O/c1-11-15(12(2)20-16(19-11)23-8-3-4-9-23)22-17(24)21-14-7-5-6-13(18)10-14/h5-7,10H,3-4,8-9H2,1-2H3,(H2,21,22,24). The molecule has 1 aliphatic heterocycles. The Hall–Kier alpha value is -2.70. The first kappa shape index (κ1) is 16.2. The molecule has 7 heteroatoms. The van der Waals surface area contributed by atoms with E-state index >= 15 is 0 Å². The van der Waals surface area contributed by atoms with Crippen molar-refractivity contribution in [3.63, 3.8) is 0 Å². The molecule has 1 aromatic carbocycles. The maximum absolute atomic E-state index is 13.2. The maximum atomic E-state index is 13.2. The predicted molar refractivity (Wildman–Crippen MR) is 92.0 cm³/mol. The Morgan fingerprint density at radius 1 is 1.12 bits per heavy atom. The van der Waals surface area contributed by atoms with Crippen LogP contribution in [0.5, 0.6) is 0 Å². The minimum Gasteiger partial charge on any atom is -0.341 e. The predicted octanol–water partition coefficient (Wildman–Crippen LogP) is 3.48. The number of halogens is 1. The lowest BCUT2D eigenvalue weighted by Crippen LogP contribution is -2.24. The summed E-state index contributed by atoms with van der Waals surface area (Å²) < 4.78 is 13.2. The minimum atomic E-state index is -0.454. The molecule has 0 radical (unpaired) electrons. The van der Waals surface area contributed by atoms with E-state index in [1.807, 2.05) is 13.8 Å². The number of nitrogens with one attached hydrogen (secondary N) is 2. The van der Waals surface area contributed by atoms with Gasteiger partial charge in [0.25, 0.3) is 0 Å². The van der Waals surface area contributed by atoms with Gasteiger partial charge in [0.1, 0.15) is 5.82 Å². The number of nitrogens with zero attached hydrogens (tertiary/aromatic N) is 3. The van der Waals surface area contributed by atoms with Crippen molar-refractivity contribution in [2.24, 2.45) is 0 Å². The Morgan fingerprint density at radius 3 is 2.42 bits per heavy atom.